The highest BCUT2D eigenvalue weighted by Crippen LogP contribution is 2.25. The number of fused-ring (bicyclic) bond motifs is 1. The predicted octanol–water partition coefficient (Wildman–Crippen LogP) is 0.495. The maximum absolute atomic E-state index is 11.6. The van der Waals surface area contributed by atoms with E-state index in [1.54, 1.807) is 4.90 Å². The molecule has 0 radical (unpaired) electrons. The molecule has 2 aliphatic rings. The molecule has 84 valence electrons. The van der Waals surface area contributed by atoms with Crippen molar-refractivity contribution in [2.45, 2.75) is 37.8 Å². The molecule has 0 aromatic heterocycles. The number of hydrogen-bond acceptors (Lipinski definition) is 2. The molecular weight excluding hydrogens is 216 g/mol. The second-order valence-electron chi connectivity index (χ2n) is 4.18. The summed E-state index contributed by atoms with van der Waals surface area (Å²) >= 11 is 5.54. The Bertz CT molecular complexity index is 283. The first-order valence-corrected chi connectivity index (χ1v) is 5.90. The molecule has 1 saturated carbocycles. The number of nitrogens with zero attached hydrogens (tertiary/aromatic N) is 1. The van der Waals surface area contributed by atoms with Crippen molar-refractivity contribution in [3.05, 3.63) is 0 Å². The molecule has 0 aromatic rings. The lowest BCUT2D eigenvalue weighted by Crippen LogP contribution is -2.63. The fraction of sp³-hybridized carbons (Fsp3) is 0.800. The number of alkyl halides is 1. The minimum absolute atomic E-state index is 0.0312. The summed E-state index contributed by atoms with van der Waals surface area (Å²) in [6.45, 7) is 0.173. The fourth-order valence-electron chi connectivity index (χ4n) is 2.53. The molecule has 2 unspecified atom stereocenters. The first kappa shape index (κ1) is 10.7. The van der Waals surface area contributed by atoms with Crippen LogP contribution in [0.15, 0.2) is 0 Å². The zero-order valence-electron chi connectivity index (χ0n) is 8.54. The van der Waals surface area contributed by atoms with Gasteiger partial charge in [-0.2, -0.15) is 0 Å². The van der Waals surface area contributed by atoms with Gasteiger partial charge >= 0.3 is 0 Å². The summed E-state index contributed by atoms with van der Waals surface area (Å²) in [6.07, 6.45) is 4.21. The van der Waals surface area contributed by atoms with E-state index in [-0.39, 0.29) is 36.3 Å². The number of rotatable bonds is 1. The van der Waals surface area contributed by atoms with Gasteiger partial charge in [-0.1, -0.05) is 12.8 Å². The fourth-order valence-corrected chi connectivity index (χ4v) is 2.68. The monoisotopic (exact) mass is 230 g/mol. The smallest absolute Gasteiger partial charge is 0.239 e. The van der Waals surface area contributed by atoms with Gasteiger partial charge in [-0.05, 0) is 12.8 Å². The molecule has 1 aliphatic carbocycles. The minimum Gasteiger partial charge on any atom is -0.350 e. The van der Waals surface area contributed by atoms with Crippen LogP contribution in [0.4, 0.5) is 0 Å². The molecule has 1 N–H and O–H groups in total. The second kappa shape index (κ2) is 4.39. The summed E-state index contributed by atoms with van der Waals surface area (Å²) < 4.78 is 0. The zero-order valence-corrected chi connectivity index (χ0v) is 9.29. The van der Waals surface area contributed by atoms with Crippen LogP contribution in [-0.2, 0) is 9.59 Å². The predicted molar refractivity (Wildman–Crippen MR) is 56.6 cm³/mol. The Balaban J connectivity index is 2.13. The first-order valence-electron chi connectivity index (χ1n) is 5.37. The van der Waals surface area contributed by atoms with Crippen LogP contribution in [0.2, 0.25) is 0 Å². The van der Waals surface area contributed by atoms with E-state index in [2.05, 4.69) is 5.32 Å². The lowest BCUT2D eigenvalue weighted by atomic mass is 9.87. The van der Waals surface area contributed by atoms with E-state index < -0.39 is 0 Å². The van der Waals surface area contributed by atoms with Gasteiger partial charge in [-0.25, -0.2) is 0 Å². The third-order valence-electron chi connectivity index (χ3n) is 3.22. The maximum atomic E-state index is 11.6. The number of hydrogen-bond donors (Lipinski definition) is 1. The highest BCUT2D eigenvalue weighted by atomic mass is 35.5. The summed E-state index contributed by atoms with van der Waals surface area (Å²) in [5.74, 6) is -0.212. The molecule has 2 fully saturated rings. The molecule has 0 aromatic carbocycles. The van der Waals surface area contributed by atoms with E-state index >= 15 is 0 Å². The Morgan fingerprint density at radius 3 is 2.93 bits per heavy atom. The van der Waals surface area contributed by atoms with Gasteiger partial charge in [0.25, 0.3) is 0 Å². The van der Waals surface area contributed by atoms with Crippen LogP contribution in [0, 0.1) is 0 Å². The van der Waals surface area contributed by atoms with Gasteiger partial charge in [-0.3, -0.25) is 9.59 Å². The van der Waals surface area contributed by atoms with Gasteiger partial charge in [0.15, 0.2) is 0 Å². The molecule has 2 atom stereocenters. The van der Waals surface area contributed by atoms with E-state index in [4.69, 9.17) is 11.6 Å². The van der Waals surface area contributed by atoms with Crippen molar-refractivity contribution in [2.24, 2.45) is 0 Å². The van der Waals surface area contributed by atoms with Crippen molar-refractivity contribution in [1.29, 1.82) is 0 Å². The van der Waals surface area contributed by atoms with Crippen molar-refractivity contribution in [1.82, 2.24) is 10.2 Å². The number of halogens is 1. The van der Waals surface area contributed by atoms with E-state index in [0.717, 1.165) is 25.7 Å². The second-order valence-corrected chi connectivity index (χ2v) is 4.45. The van der Waals surface area contributed by atoms with Crippen LogP contribution in [-0.4, -0.2) is 41.2 Å². The average molecular weight is 231 g/mol. The quantitative estimate of drug-likeness (QED) is 0.667. The third-order valence-corrected chi connectivity index (χ3v) is 3.45. The van der Waals surface area contributed by atoms with Crippen molar-refractivity contribution < 1.29 is 9.59 Å². The first-order chi connectivity index (χ1) is 7.22. The van der Waals surface area contributed by atoms with Crippen LogP contribution in [0.5, 0.6) is 0 Å². The number of nitrogens with one attached hydrogen (secondary N) is 1. The van der Waals surface area contributed by atoms with Crippen molar-refractivity contribution in [3.63, 3.8) is 0 Å². The highest BCUT2D eigenvalue weighted by Gasteiger charge is 2.38. The summed E-state index contributed by atoms with van der Waals surface area (Å²) in [6, 6.07) is 0.315. The molecule has 4 nitrogen and oxygen atoms in total. The SMILES string of the molecule is O=C1CN(C(=O)CCl)C2CCCCC2N1. The van der Waals surface area contributed by atoms with Crippen molar-refractivity contribution in [3.8, 4) is 0 Å². The topological polar surface area (TPSA) is 49.4 Å². The molecule has 15 heavy (non-hydrogen) atoms. The van der Waals surface area contributed by atoms with Gasteiger partial charge in [0, 0.05) is 6.04 Å². The number of amides is 2. The Labute approximate surface area is 93.9 Å². The lowest BCUT2D eigenvalue weighted by molar-refractivity contribution is -0.142. The van der Waals surface area contributed by atoms with Crippen molar-refractivity contribution >= 4 is 23.4 Å². The number of carbonyl (C=O) groups excluding carboxylic acids is 2. The molecule has 2 amide bonds. The Morgan fingerprint density at radius 2 is 2.20 bits per heavy atom. The number of piperazine rings is 1. The van der Waals surface area contributed by atoms with Gasteiger partial charge in [0.2, 0.25) is 11.8 Å². The maximum Gasteiger partial charge on any atom is 0.239 e. The summed E-state index contributed by atoms with van der Waals surface area (Å²) in [7, 11) is 0. The van der Waals surface area contributed by atoms with Crippen LogP contribution < -0.4 is 5.32 Å². The average Bonchev–Trinajstić information content (AvgIpc) is 2.26. The molecular formula is C10H15ClN2O2. The van der Waals surface area contributed by atoms with Gasteiger partial charge in [-0.15, -0.1) is 11.6 Å². The molecule has 1 heterocycles. The molecule has 1 aliphatic heterocycles. The molecule has 0 bridgehead atoms. The van der Waals surface area contributed by atoms with E-state index in [0.29, 0.717) is 0 Å². The number of carbonyl (C=O) groups is 2. The normalized spacial score (nSPS) is 30.7. The van der Waals surface area contributed by atoms with E-state index in [1.807, 2.05) is 0 Å². The summed E-state index contributed by atoms with van der Waals surface area (Å²) in [5, 5.41) is 2.95. The molecule has 0 spiro atoms. The van der Waals surface area contributed by atoms with E-state index in [9.17, 15) is 9.59 Å². The Hall–Kier alpha value is -0.770. The van der Waals surface area contributed by atoms with Crippen LogP contribution in [0.25, 0.3) is 0 Å². The van der Waals surface area contributed by atoms with Gasteiger partial charge < -0.3 is 10.2 Å². The van der Waals surface area contributed by atoms with Crippen LogP contribution in [0.3, 0.4) is 0 Å². The minimum atomic E-state index is -0.122. The Morgan fingerprint density at radius 1 is 1.47 bits per heavy atom. The third kappa shape index (κ3) is 2.09. The van der Waals surface area contributed by atoms with Crippen LogP contribution >= 0.6 is 11.6 Å². The zero-order chi connectivity index (χ0) is 10.8. The summed E-state index contributed by atoms with van der Waals surface area (Å²) in [4.78, 5) is 24.6. The van der Waals surface area contributed by atoms with Crippen molar-refractivity contribution in [2.75, 3.05) is 12.4 Å². The Kier molecular flexibility index (Phi) is 3.14. The van der Waals surface area contributed by atoms with Crippen LogP contribution in [0.1, 0.15) is 25.7 Å². The highest BCUT2D eigenvalue weighted by molar-refractivity contribution is 6.27. The van der Waals surface area contributed by atoms with Gasteiger partial charge in [0.05, 0.1) is 12.6 Å². The summed E-state index contributed by atoms with van der Waals surface area (Å²) in [5.41, 5.74) is 0. The largest absolute Gasteiger partial charge is 0.350 e. The standard InChI is InChI=1S/C10H15ClN2O2/c11-5-10(15)13-6-9(14)12-7-3-1-2-4-8(7)13/h7-8H,1-6H2,(H,12,14). The molecule has 2 rings (SSSR count). The van der Waals surface area contributed by atoms with E-state index in [1.165, 1.54) is 0 Å². The molecule has 5 heteroatoms. The lowest BCUT2D eigenvalue weighted by Gasteiger charge is -2.43. The van der Waals surface area contributed by atoms with Gasteiger partial charge in [0.1, 0.15) is 5.88 Å². The molecule has 1 saturated heterocycles.